The first-order valence-electron chi connectivity index (χ1n) is 11.5. The molecule has 0 aromatic rings. The third-order valence-corrected chi connectivity index (χ3v) is 9.79. The molecule has 4 aliphatic rings. The lowest BCUT2D eigenvalue weighted by molar-refractivity contribution is -0.110. The molecule has 1 heteroatoms. The molecule has 7 atom stereocenters. The fourth-order valence-corrected chi connectivity index (χ4v) is 8.27. The number of hydrogen-bond donors (Lipinski definition) is 0. The first kappa shape index (κ1) is 26.2. The van der Waals surface area contributed by atoms with Gasteiger partial charge in [-0.1, -0.05) is 59.0 Å². The molecule has 0 saturated heterocycles. The Bertz CT molecular complexity index is 574. The van der Waals surface area contributed by atoms with E-state index >= 15 is 0 Å². The summed E-state index contributed by atoms with van der Waals surface area (Å²) in [6, 6.07) is 0. The van der Waals surface area contributed by atoms with E-state index in [1.54, 1.807) is 0 Å². The van der Waals surface area contributed by atoms with Crippen LogP contribution in [0.3, 0.4) is 0 Å². The Morgan fingerprint density at radius 3 is 2.24 bits per heavy atom. The van der Waals surface area contributed by atoms with Crippen molar-refractivity contribution >= 4 is 17.1 Å². The summed E-state index contributed by atoms with van der Waals surface area (Å²) in [5.41, 5.74) is 1.24. The first-order valence-corrected chi connectivity index (χ1v) is 11.9. The molecule has 0 radical (unpaired) electrons. The van der Waals surface area contributed by atoms with E-state index in [0.717, 1.165) is 40.9 Å². The highest BCUT2D eigenvalue weighted by Gasteiger charge is 2.59. The van der Waals surface area contributed by atoms with Crippen molar-refractivity contribution in [2.45, 2.75) is 91.9 Å². The van der Waals surface area contributed by atoms with Gasteiger partial charge < -0.3 is 0 Å². The Hall–Kier alpha value is -0.870. The molecule has 4 fully saturated rings. The van der Waals surface area contributed by atoms with Gasteiger partial charge in [0.05, 0.1) is 0 Å². The van der Waals surface area contributed by atoms with E-state index in [4.69, 9.17) is 12.2 Å². The van der Waals surface area contributed by atoms with Crippen LogP contribution in [0.1, 0.15) is 91.9 Å². The second-order valence-corrected chi connectivity index (χ2v) is 10.6. The molecule has 0 N–H and O–H groups in total. The normalized spacial score (nSPS) is 42.0. The van der Waals surface area contributed by atoms with Crippen molar-refractivity contribution in [1.82, 2.24) is 0 Å². The van der Waals surface area contributed by atoms with Gasteiger partial charge in [0.1, 0.15) is 0 Å². The average Bonchev–Trinajstić information content (AvgIpc) is 3.06. The Kier molecular flexibility index (Phi) is 9.88. The van der Waals surface area contributed by atoms with Gasteiger partial charge >= 0.3 is 0 Å². The molecule has 0 aliphatic heterocycles. The van der Waals surface area contributed by atoms with Crippen LogP contribution < -0.4 is 0 Å². The molecule has 0 heterocycles. The SMILES string of the molecule is C.C#C.C=C.C=CC(=S)CC1CCC2C3CCC4CCCCC4(C)C3CCC12C. The zero-order valence-electron chi connectivity index (χ0n) is 18.4. The van der Waals surface area contributed by atoms with Crippen molar-refractivity contribution in [2.75, 3.05) is 0 Å². The minimum Gasteiger partial charge on any atom is -0.124 e. The van der Waals surface area contributed by atoms with Gasteiger partial charge in [-0.2, -0.15) is 0 Å². The van der Waals surface area contributed by atoms with Crippen LogP contribution in [-0.2, 0) is 0 Å². The Morgan fingerprint density at radius 1 is 0.931 bits per heavy atom. The summed E-state index contributed by atoms with van der Waals surface area (Å²) < 4.78 is 0. The smallest absolute Gasteiger partial charge is 0.0149 e. The van der Waals surface area contributed by atoms with Gasteiger partial charge in [-0.05, 0) is 98.2 Å². The van der Waals surface area contributed by atoms with Crippen molar-refractivity contribution in [1.29, 1.82) is 0 Å². The van der Waals surface area contributed by atoms with E-state index in [9.17, 15) is 0 Å². The highest BCUT2D eigenvalue weighted by molar-refractivity contribution is 7.80. The molecule has 29 heavy (non-hydrogen) atoms. The minimum absolute atomic E-state index is 0. The predicted molar refractivity (Wildman–Crippen MR) is 135 cm³/mol. The molecule has 4 saturated carbocycles. The maximum absolute atomic E-state index is 5.53. The molecular weight excluding hydrogens is 368 g/mol. The summed E-state index contributed by atoms with van der Waals surface area (Å²) in [5.74, 6) is 4.90. The number of fused-ring (bicyclic) bond motifs is 5. The van der Waals surface area contributed by atoms with Gasteiger partial charge in [0.15, 0.2) is 0 Å². The van der Waals surface area contributed by atoms with E-state index in [-0.39, 0.29) is 7.43 Å². The largest absolute Gasteiger partial charge is 0.124 e. The number of rotatable bonds is 3. The van der Waals surface area contributed by atoms with Crippen LogP contribution in [-0.4, -0.2) is 4.86 Å². The van der Waals surface area contributed by atoms with E-state index < -0.39 is 0 Å². The molecule has 0 amide bonds. The van der Waals surface area contributed by atoms with Gasteiger partial charge in [-0.15, -0.1) is 26.0 Å². The summed E-state index contributed by atoms with van der Waals surface area (Å²) >= 11 is 5.53. The summed E-state index contributed by atoms with van der Waals surface area (Å²) in [5, 5.41) is 0. The van der Waals surface area contributed by atoms with Crippen molar-refractivity contribution < 1.29 is 0 Å². The number of allylic oxidation sites excluding steroid dienone is 1. The van der Waals surface area contributed by atoms with Crippen molar-refractivity contribution in [3.8, 4) is 12.8 Å². The molecule has 4 rings (SSSR count). The summed E-state index contributed by atoms with van der Waals surface area (Å²) in [6.07, 6.45) is 26.0. The Morgan fingerprint density at radius 2 is 1.59 bits per heavy atom. The maximum atomic E-state index is 5.53. The van der Waals surface area contributed by atoms with Crippen LogP contribution in [0.25, 0.3) is 0 Å². The third-order valence-electron chi connectivity index (χ3n) is 9.45. The molecule has 0 spiro atoms. The van der Waals surface area contributed by atoms with E-state index in [0.29, 0.717) is 10.8 Å². The fraction of sp³-hybridized carbons (Fsp3) is 0.750. The van der Waals surface area contributed by atoms with Crippen molar-refractivity contribution in [3.63, 3.8) is 0 Å². The molecule has 4 aliphatic carbocycles. The topological polar surface area (TPSA) is 0 Å². The number of thiocarbonyl (C=S) groups is 1. The van der Waals surface area contributed by atoms with Crippen LogP contribution in [0, 0.1) is 53.3 Å². The summed E-state index contributed by atoms with van der Waals surface area (Å²) in [7, 11) is 0. The standard InChI is InChI=1S/C23H36S.C2H4.C2H2.CH4/c1-4-18(24)15-17-9-11-20-19-10-8-16-7-5-6-13-22(16,2)21(19)12-14-23(17,20)3;2*1-2;/h4,16-17,19-21H,1,5-15H2,2-3H3;1-2H2;1-2H;1H4. The Labute approximate surface area is 188 Å². The molecule has 0 bridgehead atoms. The van der Waals surface area contributed by atoms with Gasteiger partial charge in [-0.25, -0.2) is 0 Å². The van der Waals surface area contributed by atoms with Crippen LogP contribution in [0.4, 0.5) is 0 Å². The molecule has 0 aromatic carbocycles. The number of hydrogen-bond acceptors (Lipinski definition) is 1. The maximum Gasteiger partial charge on any atom is 0.0149 e. The third kappa shape index (κ3) is 4.58. The lowest BCUT2D eigenvalue weighted by atomic mass is 9.45. The number of terminal acetylenes is 1. The Balaban J connectivity index is 0.000000794. The lowest BCUT2D eigenvalue weighted by Crippen LogP contribution is -2.52. The quantitative estimate of drug-likeness (QED) is 0.193. The highest BCUT2D eigenvalue weighted by Crippen LogP contribution is 2.67. The van der Waals surface area contributed by atoms with Gasteiger partial charge in [-0.3, -0.25) is 0 Å². The van der Waals surface area contributed by atoms with Crippen molar-refractivity contribution in [2.24, 2.45) is 40.4 Å². The van der Waals surface area contributed by atoms with Crippen LogP contribution in [0.15, 0.2) is 25.8 Å². The highest BCUT2D eigenvalue weighted by atomic mass is 32.1. The minimum atomic E-state index is 0. The van der Waals surface area contributed by atoms with Crippen LogP contribution in [0.2, 0.25) is 0 Å². The van der Waals surface area contributed by atoms with Gasteiger partial charge in [0.2, 0.25) is 0 Å². The zero-order valence-corrected chi connectivity index (χ0v) is 19.2. The monoisotopic (exact) mass is 414 g/mol. The molecule has 7 unspecified atom stereocenters. The lowest BCUT2D eigenvalue weighted by Gasteiger charge is -2.60. The van der Waals surface area contributed by atoms with E-state index in [1.807, 2.05) is 6.08 Å². The second kappa shape index (κ2) is 10.9. The van der Waals surface area contributed by atoms with Gasteiger partial charge in [0.25, 0.3) is 0 Å². The predicted octanol–water partition coefficient (Wildman–Crippen LogP) is 8.67. The summed E-state index contributed by atoms with van der Waals surface area (Å²) in [4.78, 5) is 1.10. The second-order valence-electron chi connectivity index (χ2n) is 10.1. The van der Waals surface area contributed by atoms with Gasteiger partial charge in [0, 0.05) is 4.86 Å². The van der Waals surface area contributed by atoms with E-state index in [1.165, 1.54) is 64.2 Å². The summed E-state index contributed by atoms with van der Waals surface area (Å²) in [6.45, 7) is 15.2. The van der Waals surface area contributed by atoms with Crippen LogP contribution in [0.5, 0.6) is 0 Å². The van der Waals surface area contributed by atoms with E-state index in [2.05, 4.69) is 46.4 Å². The molecule has 0 nitrogen and oxygen atoms in total. The molecule has 164 valence electrons. The first-order chi connectivity index (χ1) is 13.5. The molecule has 0 aromatic heterocycles. The van der Waals surface area contributed by atoms with Crippen LogP contribution >= 0.6 is 12.2 Å². The fourth-order valence-electron chi connectivity index (χ4n) is 8.07. The zero-order chi connectivity index (χ0) is 20.9. The average molecular weight is 415 g/mol. The molecular formula is C28H46S. The van der Waals surface area contributed by atoms with Crippen molar-refractivity contribution in [3.05, 3.63) is 25.8 Å².